The summed E-state index contributed by atoms with van der Waals surface area (Å²) in [7, 11) is 0. The molecule has 6 heteroatoms. The van der Waals surface area contributed by atoms with Gasteiger partial charge in [0.2, 0.25) is 0 Å². The second kappa shape index (κ2) is 29.5. The van der Waals surface area contributed by atoms with Crippen molar-refractivity contribution in [3.05, 3.63) is 0 Å². The van der Waals surface area contributed by atoms with Gasteiger partial charge in [0.1, 0.15) is 0 Å². The number of ether oxygens (including phenoxy) is 3. The minimum Gasteiger partial charge on any atom is -0.460 e. The van der Waals surface area contributed by atoms with Crippen LogP contribution in [0.4, 0.5) is 0 Å². The number of hydrogen-bond acceptors (Lipinski definition) is 6. The lowest BCUT2D eigenvalue weighted by atomic mass is 10.0. The zero-order valence-electron chi connectivity index (χ0n) is 28.2. The third-order valence-electron chi connectivity index (χ3n) is 7.93. The molecule has 0 atom stereocenters. The number of rotatable bonds is 31. The fourth-order valence-corrected chi connectivity index (χ4v) is 5.17. The molecule has 42 heavy (non-hydrogen) atoms. The molecule has 248 valence electrons. The van der Waals surface area contributed by atoms with Crippen LogP contribution >= 0.6 is 0 Å². The van der Waals surface area contributed by atoms with Crippen molar-refractivity contribution in [1.29, 1.82) is 0 Å². The quantitative estimate of drug-likeness (QED) is 0.0450. The first-order valence-corrected chi connectivity index (χ1v) is 18.1. The highest BCUT2D eigenvalue weighted by atomic mass is 16.8. The maximum Gasteiger partial charge on any atom is 0.393 e. The third kappa shape index (κ3) is 22.9. The zero-order chi connectivity index (χ0) is 31.2. The predicted molar refractivity (Wildman–Crippen MR) is 173 cm³/mol. The van der Waals surface area contributed by atoms with Gasteiger partial charge in [-0.1, -0.05) is 156 Å². The van der Waals surface area contributed by atoms with Crippen LogP contribution in [0.25, 0.3) is 0 Å². The monoisotopic (exact) mass is 597 g/mol. The average molecular weight is 597 g/mol. The standard InChI is InChI=1S/C36H68O6/c1-5-9-13-15-16-17-18-19-20-21-22-23-24-27-31-36(41-33(37)29-25-11-7-3,42-34(38)30-26-12-8-4)35(39)40-32-28-14-10-6-2/h5-32H2,1-4H3. The summed E-state index contributed by atoms with van der Waals surface area (Å²) in [6.07, 6.45) is 26.5. The molecular weight excluding hydrogens is 528 g/mol. The molecule has 0 saturated heterocycles. The van der Waals surface area contributed by atoms with Gasteiger partial charge in [0.25, 0.3) is 0 Å². The third-order valence-corrected chi connectivity index (χ3v) is 7.93. The first-order chi connectivity index (χ1) is 20.5. The van der Waals surface area contributed by atoms with Crippen molar-refractivity contribution >= 4 is 17.9 Å². The van der Waals surface area contributed by atoms with Crippen molar-refractivity contribution in [2.75, 3.05) is 6.61 Å². The Hall–Kier alpha value is -1.59. The van der Waals surface area contributed by atoms with Crippen molar-refractivity contribution < 1.29 is 28.6 Å². The van der Waals surface area contributed by atoms with Gasteiger partial charge < -0.3 is 14.2 Å². The van der Waals surface area contributed by atoms with E-state index in [0.29, 0.717) is 19.3 Å². The largest absolute Gasteiger partial charge is 0.460 e. The minimum absolute atomic E-state index is 0.151. The molecule has 0 fully saturated rings. The van der Waals surface area contributed by atoms with E-state index in [1.807, 2.05) is 0 Å². The molecule has 0 rings (SSSR count). The van der Waals surface area contributed by atoms with E-state index in [0.717, 1.165) is 70.6 Å². The van der Waals surface area contributed by atoms with Crippen LogP contribution in [-0.2, 0) is 28.6 Å². The molecule has 0 aromatic carbocycles. The normalized spacial score (nSPS) is 11.4. The SMILES string of the molecule is CCCCCCCCCCCCCCCCC(OC(=O)CCCCC)(OC(=O)CCCCC)C(=O)OCCCCCC. The first kappa shape index (κ1) is 40.4. The van der Waals surface area contributed by atoms with E-state index < -0.39 is 23.7 Å². The van der Waals surface area contributed by atoms with E-state index >= 15 is 0 Å². The van der Waals surface area contributed by atoms with E-state index in [2.05, 4.69) is 27.7 Å². The van der Waals surface area contributed by atoms with Gasteiger partial charge >= 0.3 is 23.7 Å². The molecule has 0 aliphatic carbocycles. The van der Waals surface area contributed by atoms with Crippen LogP contribution in [0, 0.1) is 0 Å². The Balaban J connectivity index is 4.97. The smallest absolute Gasteiger partial charge is 0.393 e. The van der Waals surface area contributed by atoms with Crippen LogP contribution in [0.1, 0.15) is 201 Å². The second-order valence-corrected chi connectivity index (χ2v) is 12.2. The van der Waals surface area contributed by atoms with Crippen molar-refractivity contribution in [3.63, 3.8) is 0 Å². The summed E-state index contributed by atoms with van der Waals surface area (Å²) < 4.78 is 17.1. The lowest BCUT2D eigenvalue weighted by molar-refractivity contribution is -0.242. The number of carbonyl (C=O) groups is 3. The molecule has 0 aromatic rings. The Morgan fingerprint density at radius 2 is 0.762 bits per heavy atom. The van der Waals surface area contributed by atoms with Crippen LogP contribution < -0.4 is 0 Å². The Morgan fingerprint density at radius 3 is 1.17 bits per heavy atom. The molecule has 0 saturated carbocycles. The molecule has 0 spiro atoms. The average Bonchev–Trinajstić information content (AvgIpc) is 2.97. The summed E-state index contributed by atoms with van der Waals surface area (Å²) in [4.78, 5) is 39.1. The van der Waals surface area contributed by atoms with E-state index in [1.54, 1.807) is 0 Å². The molecule has 0 amide bonds. The summed E-state index contributed by atoms with van der Waals surface area (Å²) >= 11 is 0. The van der Waals surface area contributed by atoms with Crippen molar-refractivity contribution in [2.24, 2.45) is 0 Å². The maximum absolute atomic E-state index is 13.4. The summed E-state index contributed by atoms with van der Waals surface area (Å²) in [6.45, 7) is 8.76. The molecule has 0 aliphatic rings. The topological polar surface area (TPSA) is 78.9 Å². The summed E-state index contributed by atoms with van der Waals surface area (Å²) in [5.74, 6) is -3.72. The highest BCUT2D eigenvalue weighted by molar-refractivity contribution is 5.85. The van der Waals surface area contributed by atoms with Gasteiger partial charge in [-0.2, -0.15) is 0 Å². The lowest BCUT2D eigenvalue weighted by Gasteiger charge is -2.31. The second-order valence-electron chi connectivity index (χ2n) is 12.2. The minimum atomic E-state index is -1.98. The summed E-state index contributed by atoms with van der Waals surface area (Å²) in [5, 5.41) is 0. The van der Waals surface area contributed by atoms with Crippen molar-refractivity contribution in [2.45, 2.75) is 207 Å². The Labute approximate surface area is 259 Å². The van der Waals surface area contributed by atoms with Crippen LogP contribution in [0.15, 0.2) is 0 Å². The molecule has 6 nitrogen and oxygen atoms in total. The maximum atomic E-state index is 13.4. The van der Waals surface area contributed by atoms with Crippen LogP contribution in [0.3, 0.4) is 0 Å². The van der Waals surface area contributed by atoms with Crippen molar-refractivity contribution in [1.82, 2.24) is 0 Å². The Morgan fingerprint density at radius 1 is 0.429 bits per heavy atom. The fourth-order valence-electron chi connectivity index (χ4n) is 5.17. The van der Waals surface area contributed by atoms with Crippen LogP contribution in [-0.4, -0.2) is 30.3 Å². The highest BCUT2D eigenvalue weighted by Gasteiger charge is 2.48. The first-order valence-electron chi connectivity index (χ1n) is 18.1. The molecule has 0 bridgehead atoms. The van der Waals surface area contributed by atoms with E-state index in [-0.39, 0.29) is 25.9 Å². The van der Waals surface area contributed by atoms with Gasteiger partial charge in [-0.05, 0) is 25.7 Å². The van der Waals surface area contributed by atoms with Gasteiger partial charge in [-0.3, -0.25) is 9.59 Å². The molecular formula is C36H68O6. The molecule has 0 aromatic heterocycles. The van der Waals surface area contributed by atoms with Crippen LogP contribution in [0.2, 0.25) is 0 Å². The zero-order valence-corrected chi connectivity index (χ0v) is 28.2. The number of unbranched alkanes of at least 4 members (excludes halogenated alkanes) is 20. The molecule has 0 N–H and O–H groups in total. The Bertz CT molecular complexity index is 623. The number of esters is 3. The Kier molecular flexibility index (Phi) is 28.4. The summed E-state index contributed by atoms with van der Waals surface area (Å²) in [5.41, 5.74) is 0. The summed E-state index contributed by atoms with van der Waals surface area (Å²) in [6, 6.07) is 0. The van der Waals surface area contributed by atoms with Gasteiger partial charge in [-0.15, -0.1) is 0 Å². The lowest BCUT2D eigenvalue weighted by Crippen LogP contribution is -2.48. The highest BCUT2D eigenvalue weighted by Crippen LogP contribution is 2.27. The van der Waals surface area contributed by atoms with E-state index in [1.165, 1.54) is 64.2 Å². The van der Waals surface area contributed by atoms with E-state index in [9.17, 15) is 14.4 Å². The molecule has 0 heterocycles. The predicted octanol–water partition coefficient (Wildman–Crippen LogP) is 10.9. The van der Waals surface area contributed by atoms with Crippen LogP contribution in [0.5, 0.6) is 0 Å². The molecule has 0 aliphatic heterocycles. The van der Waals surface area contributed by atoms with Gasteiger partial charge in [0.15, 0.2) is 0 Å². The van der Waals surface area contributed by atoms with Gasteiger partial charge in [0, 0.05) is 19.3 Å². The molecule has 0 radical (unpaired) electrons. The van der Waals surface area contributed by atoms with Gasteiger partial charge in [0.05, 0.1) is 6.61 Å². The van der Waals surface area contributed by atoms with E-state index in [4.69, 9.17) is 14.2 Å². The number of carbonyl (C=O) groups excluding carboxylic acids is 3. The van der Waals surface area contributed by atoms with Gasteiger partial charge in [-0.25, -0.2) is 4.79 Å². The fraction of sp³-hybridized carbons (Fsp3) is 0.917. The van der Waals surface area contributed by atoms with Crippen molar-refractivity contribution in [3.8, 4) is 0 Å². The molecule has 0 unspecified atom stereocenters. The number of hydrogen-bond donors (Lipinski definition) is 0.